The SMILES string of the molecule is CC.CCCC(C)(CC)CN(CC)SC. The van der Waals surface area contributed by atoms with E-state index in [4.69, 9.17) is 0 Å². The van der Waals surface area contributed by atoms with Gasteiger partial charge >= 0.3 is 0 Å². The van der Waals surface area contributed by atoms with Crippen LogP contribution in [0.3, 0.4) is 0 Å². The number of rotatable bonds is 7. The molecule has 1 nitrogen and oxygen atoms in total. The van der Waals surface area contributed by atoms with E-state index in [1.807, 2.05) is 25.8 Å². The summed E-state index contributed by atoms with van der Waals surface area (Å²) in [6.07, 6.45) is 6.11. The average Bonchev–Trinajstić information content (AvgIpc) is 2.29. The summed E-state index contributed by atoms with van der Waals surface area (Å²) in [4.78, 5) is 0. The van der Waals surface area contributed by atoms with Gasteiger partial charge < -0.3 is 0 Å². The molecule has 2 heteroatoms. The van der Waals surface area contributed by atoms with Gasteiger partial charge in [-0.15, -0.1) is 0 Å². The third-order valence-corrected chi connectivity index (χ3v) is 3.78. The van der Waals surface area contributed by atoms with Crippen LogP contribution in [-0.2, 0) is 0 Å². The van der Waals surface area contributed by atoms with Gasteiger partial charge in [0, 0.05) is 13.1 Å². The van der Waals surface area contributed by atoms with E-state index in [1.165, 1.54) is 25.8 Å². The van der Waals surface area contributed by atoms with Crippen LogP contribution in [0.2, 0.25) is 0 Å². The van der Waals surface area contributed by atoms with Crippen molar-refractivity contribution >= 4 is 11.9 Å². The highest BCUT2D eigenvalue weighted by Crippen LogP contribution is 2.29. The van der Waals surface area contributed by atoms with Crippen LogP contribution in [0.15, 0.2) is 0 Å². The van der Waals surface area contributed by atoms with E-state index < -0.39 is 0 Å². The summed E-state index contributed by atoms with van der Waals surface area (Å²) in [7, 11) is 0. The summed E-state index contributed by atoms with van der Waals surface area (Å²) in [5.74, 6) is 0. The molecule has 0 saturated carbocycles. The zero-order valence-corrected chi connectivity index (χ0v) is 12.7. The van der Waals surface area contributed by atoms with Crippen LogP contribution < -0.4 is 0 Å². The minimum atomic E-state index is 0.522. The Balaban J connectivity index is 0. The lowest BCUT2D eigenvalue weighted by Crippen LogP contribution is -2.31. The Kier molecular flexibility index (Phi) is 12.8. The van der Waals surface area contributed by atoms with Crippen LogP contribution in [-0.4, -0.2) is 23.7 Å². The minimum absolute atomic E-state index is 0.522. The highest BCUT2D eigenvalue weighted by Gasteiger charge is 2.23. The van der Waals surface area contributed by atoms with Gasteiger partial charge in [0.15, 0.2) is 0 Å². The standard InChI is InChI=1S/C11H25NS.C2H6/c1-6-9-11(4,7-2)10-12(8-3)13-5;1-2/h6-10H2,1-5H3;1-2H3. The quantitative estimate of drug-likeness (QED) is 0.579. The maximum absolute atomic E-state index is 2.46. The molecule has 0 aromatic heterocycles. The molecule has 0 spiro atoms. The van der Waals surface area contributed by atoms with Crippen molar-refractivity contribution < 1.29 is 0 Å². The van der Waals surface area contributed by atoms with Crippen LogP contribution in [0, 0.1) is 5.41 Å². The molecule has 0 saturated heterocycles. The van der Waals surface area contributed by atoms with Gasteiger partial charge in [-0.1, -0.05) is 59.9 Å². The highest BCUT2D eigenvalue weighted by atomic mass is 32.2. The van der Waals surface area contributed by atoms with Crippen LogP contribution >= 0.6 is 11.9 Å². The van der Waals surface area contributed by atoms with E-state index in [1.54, 1.807) is 0 Å². The van der Waals surface area contributed by atoms with Crippen molar-refractivity contribution in [3.63, 3.8) is 0 Å². The molecule has 0 heterocycles. The predicted octanol–water partition coefficient (Wildman–Crippen LogP) is 4.83. The predicted molar refractivity (Wildman–Crippen MR) is 75.4 cm³/mol. The molecule has 0 radical (unpaired) electrons. The van der Waals surface area contributed by atoms with E-state index in [2.05, 4.69) is 38.3 Å². The molecule has 0 N–H and O–H groups in total. The van der Waals surface area contributed by atoms with Gasteiger partial charge in [0.25, 0.3) is 0 Å². The Morgan fingerprint density at radius 3 is 1.93 bits per heavy atom. The largest absolute Gasteiger partial charge is 0.251 e. The van der Waals surface area contributed by atoms with E-state index in [-0.39, 0.29) is 0 Å². The van der Waals surface area contributed by atoms with Gasteiger partial charge in [-0.25, -0.2) is 0 Å². The molecule has 0 amide bonds. The summed E-state index contributed by atoms with van der Waals surface area (Å²) < 4.78 is 2.46. The maximum Gasteiger partial charge on any atom is 0.0143 e. The Morgan fingerprint density at radius 2 is 1.67 bits per heavy atom. The molecule has 0 aliphatic heterocycles. The monoisotopic (exact) mass is 233 g/mol. The fraction of sp³-hybridized carbons (Fsp3) is 1.00. The molecular weight excluding hydrogens is 202 g/mol. The molecule has 1 unspecified atom stereocenters. The van der Waals surface area contributed by atoms with Gasteiger partial charge in [-0.2, -0.15) is 0 Å². The second-order valence-electron chi connectivity index (χ2n) is 4.05. The molecule has 0 aromatic rings. The van der Waals surface area contributed by atoms with Crippen molar-refractivity contribution in [1.29, 1.82) is 0 Å². The van der Waals surface area contributed by atoms with E-state index in [0.717, 1.165) is 6.54 Å². The first kappa shape index (κ1) is 17.7. The summed E-state index contributed by atoms with van der Waals surface area (Å²) in [5.41, 5.74) is 0.522. The molecule has 1 atom stereocenters. The Labute approximate surface area is 102 Å². The van der Waals surface area contributed by atoms with Gasteiger partial charge in [0.2, 0.25) is 0 Å². The molecule has 0 rings (SSSR count). The third kappa shape index (κ3) is 8.15. The number of hydrogen-bond donors (Lipinski definition) is 0. The molecule has 0 aliphatic rings. The zero-order chi connectivity index (χ0) is 12.3. The highest BCUT2D eigenvalue weighted by molar-refractivity contribution is 7.96. The van der Waals surface area contributed by atoms with Gasteiger partial charge in [-0.05, 0) is 24.5 Å². The minimum Gasteiger partial charge on any atom is -0.251 e. The number of nitrogens with zero attached hydrogens (tertiary/aromatic N) is 1. The molecule has 15 heavy (non-hydrogen) atoms. The van der Waals surface area contributed by atoms with Crippen molar-refractivity contribution in [3.05, 3.63) is 0 Å². The van der Waals surface area contributed by atoms with E-state index in [9.17, 15) is 0 Å². The van der Waals surface area contributed by atoms with Crippen molar-refractivity contribution in [2.75, 3.05) is 19.3 Å². The second-order valence-corrected chi connectivity index (χ2v) is 4.93. The lowest BCUT2D eigenvalue weighted by Gasteiger charge is -2.33. The zero-order valence-electron chi connectivity index (χ0n) is 11.9. The Bertz CT molecular complexity index is 124. The van der Waals surface area contributed by atoms with Crippen molar-refractivity contribution in [2.24, 2.45) is 5.41 Å². The number of hydrogen-bond acceptors (Lipinski definition) is 2. The van der Waals surface area contributed by atoms with Crippen molar-refractivity contribution in [1.82, 2.24) is 4.31 Å². The lowest BCUT2D eigenvalue weighted by atomic mass is 9.83. The molecular formula is C13H31NS. The summed E-state index contributed by atoms with van der Waals surface area (Å²) in [5, 5.41) is 0. The van der Waals surface area contributed by atoms with Gasteiger partial charge in [-0.3, -0.25) is 4.31 Å². The molecule has 94 valence electrons. The molecule has 0 bridgehead atoms. The smallest absolute Gasteiger partial charge is 0.0143 e. The first-order chi connectivity index (χ1) is 7.11. The summed E-state index contributed by atoms with van der Waals surface area (Å²) in [6, 6.07) is 0. The van der Waals surface area contributed by atoms with Crippen LogP contribution in [0.5, 0.6) is 0 Å². The first-order valence-electron chi connectivity index (χ1n) is 6.41. The van der Waals surface area contributed by atoms with Crippen LogP contribution in [0.4, 0.5) is 0 Å². The normalized spacial score (nSPS) is 14.4. The maximum atomic E-state index is 2.46. The van der Waals surface area contributed by atoms with Crippen LogP contribution in [0.25, 0.3) is 0 Å². The fourth-order valence-corrected chi connectivity index (χ4v) is 2.40. The van der Waals surface area contributed by atoms with Gasteiger partial charge in [0.05, 0.1) is 0 Å². The summed E-state index contributed by atoms with van der Waals surface area (Å²) >= 11 is 1.87. The topological polar surface area (TPSA) is 3.24 Å². The van der Waals surface area contributed by atoms with E-state index >= 15 is 0 Å². The molecule has 0 aliphatic carbocycles. The van der Waals surface area contributed by atoms with E-state index in [0.29, 0.717) is 5.41 Å². The van der Waals surface area contributed by atoms with Crippen molar-refractivity contribution in [2.45, 2.75) is 60.8 Å². The molecule has 0 fully saturated rings. The average molecular weight is 233 g/mol. The second kappa shape index (κ2) is 10.8. The van der Waals surface area contributed by atoms with Crippen LogP contribution in [0.1, 0.15) is 60.8 Å². The summed E-state index contributed by atoms with van der Waals surface area (Å²) in [6.45, 7) is 15.6. The van der Waals surface area contributed by atoms with Gasteiger partial charge in [0.1, 0.15) is 0 Å². The Hall–Kier alpha value is 0.310. The first-order valence-corrected chi connectivity index (χ1v) is 7.59. The fourth-order valence-electron chi connectivity index (χ4n) is 1.70. The van der Waals surface area contributed by atoms with Crippen molar-refractivity contribution in [3.8, 4) is 0 Å². The molecule has 0 aromatic carbocycles. The third-order valence-electron chi connectivity index (χ3n) is 2.88. The lowest BCUT2D eigenvalue weighted by molar-refractivity contribution is 0.223. The Morgan fingerprint density at radius 1 is 1.13 bits per heavy atom.